The van der Waals surface area contributed by atoms with Crippen LogP contribution in [0.5, 0.6) is 0 Å². The summed E-state index contributed by atoms with van der Waals surface area (Å²) in [5, 5.41) is 10.6. The summed E-state index contributed by atoms with van der Waals surface area (Å²) in [5.41, 5.74) is 0. The molecular formula is C79H136O17P2. The van der Waals surface area contributed by atoms with Crippen LogP contribution in [-0.2, 0) is 65.4 Å². The molecule has 0 aliphatic rings. The first-order valence-electron chi connectivity index (χ1n) is 38.1. The zero-order chi connectivity index (χ0) is 71.8. The molecule has 0 aromatic carbocycles. The minimum Gasteiger partial charge on any atom is -0.462 e. The topological polar surface area (TPSA) is 237 Å². The maximum Gasteiger partial charge on any atom is 0.472 e. The SMILES string of the molecule is CC/C=C\C/C=C\C/C=C\C/C=C\CCCCC(=O)OCC(COP(=O)(O)OCC(O)COP(=O)(O)OCC(COC(=O)CCCCCCC/C=C\CCCCCCCC)OC(=O)CCCCCCC/C=C\CCCCCC)OC(=O)CCCCCCC/C=C\C/C=C\C/C=C\CC. The third-order valence-corrected chi connectivity index (χ3v) is 17.6. The van der Waals surface area contributed by atoms with Crippen LogP contribution in [0.1, 0.15) is 310 Å². The van der Waals surface area contributed by atoms with Crippen molar-refractivity contribution in [3.63, 3.8) is 0 Å². The van der Waals surface area contributed by atoms with Crippen LogP contribution < -0.4 is 0 Å². The van der Waals surface area contributed by atoms with Gasteiger partial charge in [0.1, 0.15) is 19.3 Å². The van der Waals surface area contributed by atoms with E-state index in [-0.39, 0.29) is 25.7 Å². The van der Waals surface area contributed by atoms with E-state index in [9.17, 15) is 43.2 Å². The Morgan fingerprint density at radius 2 is 0.531 bits per heavy atom. The molecule has 0 rings (SSSR count). The van der Waals surface area contributed by atoms with Gasteiger partial charge in [0.2, 0.25) is 0 Å². The number of carbonyl (C=O) groups excluding carboxylic acids is 4. The van der Waals surface area contributed by atoms with Gasteiger partial charge in [-0.2, -0.15) is 0 Å². The quantitative estimate of drug-likeness (QED) is 0.0169. The monoisotopic (exact) mass is 1420 g/mol. The van der Waals surface area contributed by atoms with Crippen molar-refractivity contribution in [1.82, 2.24) is 0 Å². The average molecular weight is 1420 g/mol. The van der Waals surface area contributed by atoms with Crippen molar-refractivity contribution in [3.8, 4) is 0 Å². The van der Waals surface area contributed by atoms with Crippen molar-refractivity contribution in [1.29, 1.82) is 0 Å². The smallest absolute Gasteiger partial charge is 0.462 e. The first kappa shape index (κ1) is 93.7. The summed E-state index contributed by atoms with van der Waals surface area (Å²) in [7, 11) is -9.97. The number of ether oxygens (including phenoxy) is 4. The summed E-state index contributed by atoms with van der Waals surface area (Å²) >= 11 is 0. The molecular weight excluding hydrogens is 1280 g/mol. The van der Waals surface area contributed by atoms with Crippen LogP contribution in [0.4, 0.5) is 0 Å². The van der Waals surface area contributed by atoms with Crippen LogP contribution in [0.25, 0.3) is 0 Å². The molecule has 0 radical (unpaired) electrons. The van der Waals surface area contributed by atoms with Gasteiger partial charge in [0, 0.05) is 25.7 Å². The van der Waals surface area contributed by atoms with Gasteiger partial charge in [-0.15, -0.1) is 0 Å². The molecule has 564 valence electrons. The summed E-state index contributed by atoms with van der Waals surface area (Å²) in [4.78, 5) is 72.8. The number of allylic oxidation sites excluding steroid dienone is 18. The Kier molecular flexibility index (Phi) is 68.0. The Labute approximate surface area is 594 Å². The van der Waals surface area contributed by atoms with Crippen LogP contribution in [0.2, 0.25) is 0 Å². The number of phosphoric acid groups is 2. The molecule has 0 aromatic rings. The standard InChI is InChI=1S/C79H136O17P2/c1-5-9-13-17-21-25-29-33-36-40-43-47-51-55-59-63-76(81)89-69-74(95-78(83)65-61-57-53-49-45-39-32-28-24-20-16-12-8-4)71-93-97(85,86)91-67-73(80)68-92-98(87,88)94-72-75(96-79(84)66-62-58-54-50-46-42-38-35-31-27-23-19-15-11-7-3)70-90-77(82)64-60-56-52-48-44-41-37-34-30-26-22-18-14-10-6-2/h10-11,14-15,22-23,26-28,32-38,44,48,73-75,80H,5-9,12-13,16-21,24-25,29-31,39-43,45-47,49-72H2,1-4H3,(H,85,86)(H,87,88)/b14-10-,15-11-,26-22-,27-23-,32-28-,36-33-,37-34-,38-35-,48-44-. The maximum atomic E-state index is 13.1. The number of hydrogen-bond donors (Lipinski definition) is 3. The molecule has 0 fully saturated rings. The number of hydrogen-bond acceptors (Lipinski definition) is 15. The normalized spacial score (nSPS) is 14.6. The Morgan fingerprint density at radius 1 is 0.296 bits per heavy atom. The van der Waals surface area contributed by atoms with Crippen LogP contribution in [0.3, 0.4) is 0 Å². The minimum absolute atomic E-state index is 0.0645. The summed E-state index contributed by atoms with van der Waals surface area (Å²) in [6, 6.07) is 0. The molecule has 5 unspecified atom stereocenters. The number of aliphatic hydroxyl groups excluding tert-OH is 1. The maximum absolute atomic E-state index is 13.1. The van der Waals surface area contributed by atoms with Gasteiger partial charge in [-0.25, -0.2) is 9.13 Å². The summed E-state index contributed by atoms with van der Waals surface area (Å²) in [6.07, 6.45) is 75.1. The predicted octanol–water partition coefficient (Wildman–Crippen LogP) is 21.8. The van der Waals surface area contributed by atoms with E-state index in [1.807, 2.05) is 0 Å². The molecule has 0 saturated heterocycles. The van der Waals surface area contributed by atoms with Crippen molar-refractivity contribution in [2.75, 3.05) is 39.6 Å². The number of unbranched alkanes of at least 4 members (excludes halogenated alkanes) is 27. The van der Waals surface area contributed by atoms with Gasteiger partial charge < -0.3 is 33.8 Å². The van der Waals surface area contributed by atoms with Gasteiger partial charge in [0.25, 0.3) is 0 Å². The fourth-order valence-electron chi connectivity index (χ4n) is 9.92. The largest absolute Gasteiger partial charge is 0.472 e. The zero-order valence-corrected chi connectivity index (χ0v) is 63.2. The van der Waals surface area contributed by atoms with Gasteiger partial charge in [-0.1, -0.05) is 246 Å². The zero-order valence-electron chi connectivity index (χ0n) is 61.4. The molecule has 5 atom stereocenters. The number of esters is 4. The van der Waals surface area contributed by atoms with E-state index in [1.165, 1.54) is 64.2 Å². The van der Waals surface area contributed by atoms with E-state index >= 15 is 0 Å². The molecule has 98 heavy (non-hydrogen) atoms. The first-order valence-corrected chi connectivity index (χ1v) is 41.1. The Balaban J connectivity index is 5.40. The second-order valence-corrected chi connectivity index (χ2v) is 28.1. The number of rotatable bonds is 71. The van der Waals surface area contributed by atoms with Crippen LogP contribution in [0, 0.1) is 0 Å². The molecule has 0 saturated carbocycles. The minimum atomic E-state index is -4.99. The van der Waals surface area contributed by atoms with Crippen LogP contribution >= 0.6 is 15.6 Å². The highest BCUT2D eigenvalue weighted by molar-refractivity contribution is 7.47. The lowest BCUT2D eigenvalue weighted by molar-refractivity contribution is -0.161. The van der Waals surface area contributed by atoms with E-state index in [4.69, 9.17) is 37.0 Å². The van der Waals surface area contributed by atoms with E-state index in [0.717, 1.165) is 167 Å². The van der Waals surface area contributed by atoms with Gasteiger partial charge in [-0.3, -0.25) is 37.3 Å². The lowest BCUT2D eigenvalue weighted by Crippen LogP contribution is -2.30. The molecule has 0 aliphatic heterocycles. The Hall–Kier alpha value is -4.28. The van der Waals surface area contributed by atoms with Crippen molar-refractivity contribution < 1.29 is 80.2 Å². The van der Waals surface area contributed by atoms with Crippen LogP contribution in [-0.4, -0.2) is 96.7 Å². The van der Waals surface area contributed by atoms with Crippen molar-refractivity contribution in [2.24, 2.45) is 0 Å². The molecule has 3 N–H and O–H groups in total. The van der Waals surface area contributed by atoms with E-state index in [1.54, 1.807) is 0 Å². The van der Waals surface area contributed by atoms with Gasteiger partial charge in [0.05, 0.1) is 26.4 Å². The first-order chi connectivity index (χ1) is 47.7. The summed E-state index contributed by atoms with van der Waals surface area (Å²) < 4.78 is 68.4. The second-order valence-electron chi connectivity index (χ2n) is 25.2. The Morgan fingerprint density at radius 3 is 0.857 bits per heavy atom. The van der Waals surface area contributed by atoms with E-state index in [0.29, 0.717) is 25.7 Å². The molecule has 17 nitrogen and oxygen atoms in total. The molecule has 0 aliphatic carbocycles. The highest BCUT2D eigenvalue weighted by atomic mass is 31.2. The molecule has 0 bridgehead atoms. The Bertz CT molecular complexity index is 2290. The van der Waals surface area contributed by atoms with Crippen molar-refractivity contribution in [2.45, 2.75) is 329 Å². The number of phosphoric ester groups is 2. The second kappa shape index (κ2) is 71.1. The number of aliphatic hydroxyl groups is 1. The van der Waals surface area contributed by atoms with Gasteiger partial charge in [-0.05, 0) is 148 Å². The van der Waals surface area contributed by atoms with E-state index < -0.39 is 97.5 Å². The fourth-order valence-corrected chi connectivity index (χ4v) is 11.5. The molecule has 0 heterocycles. The highest BCUT2D eigenvalue weighted by Crippen LogP contribution is 2.45. The lowest BCUT2D eigenvalue weighted by atomic mass is 10.1. The molecule has 0 spiro atoms. The van der Waals surface area contributed by atoms with E-state index in [2.05, 4.69) is 137 Å². The average Bonchev–Trinajstić information content (AvgIpc) is 1.04. The lowest BCUT2D eigenvalue weighted by Gasteiger charge is -2.21. The summed E-state index contributed by atoms with van der Waals surface area (Å²) in [5.74, 6) is -2.25. The van der Waals surface area contributed by atoms with Crippen LogP contribution in [0.15, 0.2) is 109 Å². The fraction of sp³-hybridized carbons (Fsp3) is 0.722. The number of carbonyl (C=O) groups is 4. The van der Waals surface area contributed by atoms with Crippen molar-refractivity contribution >= 4 is 39.5 Å². The third kappa shape index (κ3) is 70.2. The van der Waals surface area contributed by atoms with Crippen molar-refractivity contribution in [3.05, 3.63) is 109 Å². The third-order valence-electron chi connectivity index (χ3n) is 15.7. The highest BCUT2D eigenvalue weighted by Gasteiger charge is 2.30. The summed E-state index contributed by atoms with van der Waals surface area (Å²) in [6.45, 7) is 4.55. The molecule has 0 amide bonds. The van der Waals surface area contributed by atoms with Gasteiger partial charge >= 0.3 is 39.5 Å². The molecule has 19 heteroatoms. The van der Waals surface area contributed by atoms with Gasteiger partial charge in [0.15, 0.2) is 12.2 Å². The molecule has 0 aromatic heterocycles. The predicted molar refractivity (Wildman–Crippen MR) is 399 cm³/mol.